The van der Waals surface area contributed by atoms with Crippen LogP contribution in [0.4, 0.5) is 4.79 Å². The molecule has 0 radical (unpaired) electrons. The van der Waals surface area contributed by atoms with Crippen LogP contribution in [0.2, 0.25) is 0 Å². The van der Waals surface area contributed by atoms with Crippen LogP contribution in [0.15, 0.2) is 0 Å². The van der Waals surface area contributed by atoms with Gasteiger partial charge in [-0.05, 0) is 5.92 Å². The number of nitrogens with one attached hydrogen (secondary N) is 1. The maximum Gasteiger partial charge on any atom is 0.357 e. The Hall–Kier alpha value is -1.63. The van der Waals surface area contributed by atoms with E-state index in [0.29, 0.717) is 5.06 Å². The van der Waals surface area contributed by atoms with E-state index >= 15 is 0 Å². The zero-order valence-corrected chi connectivity index (χ0v) is 8.52. The minimum absolute atomic E-state index is 0.0983. The number of nitrogens with zero attached hydrogens (tertiary/aromatic N) is 1. The van der Waals surface area contributed by atoms with Gasteiger partial charge in [0.1, 0.15) is 12.6 Å². The van der Waals surface area contributed by atoms with E-state index < -0.39 is 23.9 Å². The van der Waals surface area contributed by atoms with Crippen molar-refractivity contribution in [3.05, 3.63) is 0 Å². The lowest BCUT2D eigenvalue weighted by atomic mass is 10.1. The average molecular weight is 215 g/mol. The molecule has 0 unspecified atom stereocenters. The predicted octanol–water partition coefficient (Wildman–Crippen LogP) is -1.02. The van der Waals surface area contributed by atoms with Gasteiger partial charge in [-0.25, -0.2) is 9.59 Å². The van der Waals surface area contributed by atoms with Crippen LogP contribution in [-0.2, 0) is 14.4 Å². The van der Waals surface area contributed by atoms with Gasteiger partial charge in [0.15, 0.2) is 0 Å². The maximum atomic E-state index is 11.3. The molecule has 0 aromatic heterocycles. The fourth-order valence-corrected chi connectivity index (χ4v) is 0.939. The SMILES string of the molecule is CC(C)[C@H](N)C(=O)ON1CC(=O)NC1=O. The Morgan fingerprint density at radius 2 is 2.13 bits per heavy atom. The van der Waals surface area contributed by atoms with Crippen molar-refractivity contribution in [2.24, 2.45) is 11.7 Å². The Balaban J connectivity index is 2.52. The summed E-state index contributed by atoms with van der Waals surface area (Å²) in [5.41, 5.74) is 5.50. The zero-order valence-electron chi connectivity index (χ0n) is 8.52. The molecule has 1 rings (SSSR count). The highest BCUT2D eigenvalue weighted by Gasteiger charge is 2.32. The number of imide groups is 1. The lowest BCUT2D eigenvalue weighted by Crippen LogP contribution is -2.42. The highest BCUT2D eigenvalue weighted by atomic mass is 16.7. The van der Waals surface area contributed by atoms with E-state index in [-0.39, 0.29) is 12.5 Å². The normalized spacial score (nSPS) is 18.0. The minimum Gasteiger partial charge on any atom is -0.334 e. The molecule has 1 fully saturated rings. The zero-order chi connectivity index (χ0) is 11.6. The van der Waals surface area contributed by atoms with Crippen LogP contribution < -0.4 is 11.1 Å². The summed E-state index contributed by atoms with van der Waals surface area (Å²) >= 11 is 0. The van der Waals surface area contributed by atoms with Gasteiger partial charge in [-0.1, -0.05) is 13.8 Å². The van der Waals surface area contributed by atoms with E-state index in [4.69, 9.17) is 5.73 Å². The molecule has 0 aromatic carbocycles. The third-order valence-electron chi connectivity index (χ3n) is 1.95. The summed E-state index contributed by atoms with van der Waals surface area (Å²) in [5, 5.41) is 2.63. The highest BCUT2D eigenvalue weighted by Crippen LogP contribution is 2.05. The van der Waals surface area contributed by atoms with Crippen LogP contribution >= 0.6 is 0 Å². The molecule has 1 atom stereocenters. The number of urea groups is 1. The lowest BCUT2D eigenvalue weighted by molar-refractivity contribution is -0.177. The first-order chi connectivity index (χ1) is 6.91. The van der Waals surface area contributed by atoms with E-state index in [1.165, 1.54) is 0 Å². The number of hydrogen-bond acceptors (Lipinski definition) is 5. The number of nitrogens with two attached hydrogens (primary N) is 1. The Kier molecular flexibility index (Phi) is 3.25. The maximum absolute atomic E-state index is 11.3. The monoisotopic (exact) mass is 215 g/mol. The van der Waals surface area contributed by atoms with Crippen LogP contribution in [0.3, 0.4) is 0 Å². The molecule has 84 valence electrons. The first-order valence-electron chi connectivity index (χ1n) is 4.50. The van der Waals surface area contributed by atoms with Crippen LogP contribution in [0.5, 0.6) is 0 Å². The molecule has 3 N–H and O–H groups in total. The molecule has 1 heterocycles. The van der Waals surface area contributed by atoms with Crippen molar-refractivity contribution in [1.29, 1.82) is 0 Å². The first-order valence-corrected chi connectivity index (χ1v) is 4.50. The summed E-state index contributed by atoms with van der Waals surface area (Å²) in [6.45, 7) is 3.22. The summed E-state index contributed by atoms with van der Waals surface area (Å²) < 4.78 is 0. The third-order valence-corrected chi connectivity index (χ3v) is 1.95. The minimum atomic E-state index is -0.812. The van der Waals surface area contributed by atoms with E-state index in [1.807, 2.05) is 5.32 Å². The van der Waals surface area contributed by atoms with Gasteiger partial charge in [-0.2, -0.15) is 0 Å². The van der Waals surface area contributed by atoms with Crippen LogP contribution in [0.25, 0.3) is 0 Å². The van der Waals surface area contributed by atoms with Crippen LogP contribution in [0.1, 0.15) is 13.8 Å². The van der Waals surface area contributed by atoms with Crippen molar-refractivity contribution in [3.8, 4) is 0 Å². The fraction of sp³-hybridized carbons (Fsp3) is 0.625. The molecule has 1 saturated heterocycles. The topological polar surface area (TPSA) is 102 Å². The second-order valence-electron chi connectivity index (χ2n) is 3.57. The van der Waals surface area contributed by atoms with Gasteiger partial charge in [-0.3, -0.25) is 10.1 Å². The molecular formula is C8H13N3O4. The van der Waals surface area contributed by atoms with E-state index in [0.717, 1.165) is 0 Å². The lowest BCUT2D eigenvalue weighted by Gasteiger charge is -2.17. The molecule has 0 bridgehead atoms. The van der Waals surface area contributed by atoms with Crippen molar-refractivity contribution in [1.82, 2.24) is 10.4 Å². The summed E-state index contributed by atoms with van der Waals surface area (Å²) in [5.74, 6) is -1.33. The number of carbonyl (C=O) groups is 3. The van der Waals surface area contributed by atoms with Crippen molar-refractivity contribution >= 4 is 17.9 Å². The second-order valence-corrected chi connectivity index (χ2v) is 3.57. The summed E-state index contributed by atoms with van der Waals surface area (Å²) in [6.07, 6.45) is 0. The fourth-order valence-electron chi connectivity index (χ4n) is 0.939. The van der Waals surface area contributed by atoms with Crippen LogP contribution in [0, 0.1) is 5.92 Å². The molecule has 15 heavy (non-hydrogen) atoms. The van der Waals surface area contributed by atoms with Crippen molar-refractivity contribution < 1.29 is 19.2 Å². The highest BCUT2D eigenvalue weighted by molar-refractivity contribution is 6.01. The summed E-state index contributed by atoms with van der Waals surface area (Å²) in [4.78, 5) is 37.7. The average Bonchev–Trinajstić information content (AvgIpc) is 2.43. The van der Waals surface area contributed by atoms with Crippen molar-refractivity contribution in [2.45, 2.75) is 19.9 Å². The van der Waals surface area contributed by atoms with Gasteiger partial charge in [0.05, 0.1) is 0 Å². The number of rotatable bonds is 3. The molecule has 0 aromatic rings. The second kappa shape index (κ2) is 4.26. The predicted molar refractivity (Wildman–Crippen MR) is 49.2 cm³/mol. The molecule has 0 aliphatic carbocycles. The molecule has 7 nitrogen and oxygen atoms in total. The summed E-state index contributed by atoms with van der Waals surface area (Å²) in [6, 6.07) is -1.56. The number of carbonyl (C=O) groups excluding carboxylic acids is 3. The van der Waals surface area contributed by atoms with Gasteiger partial charge >= 0.3 is 12.0 Å². The van der Waals surface area contributed by atoms with E-state index in [9.17, 15) is 14.4 Å². The van der Waals surface area contributed by atoms with Gasteiger partial charge in [0.2, 0.25) is 0 Å². The molecule has 0 spiro atoms. The van der Waals surface area contributed by atoms with Gasteiger partial charge in [0.25, 0.3) is 5.91 Å². The quantitative estimate of drug-likeness (QED) is 0.587. The van der Waals surface area contributed by atoms with Gasteiger partial charge in [-0.15, -0.1) is 5.06 Å². The smallest absolute Gasteiger partial charge is 0.334 e. The van der Waals surface area contributed by atoms with E-state index in [2.05, 4.69) is 4.84 Å². The first kappa shape index (κ1) is 11.4. The number of hydrogen-bond donors (Lipinski definition) is 2. The molecule has 7 heteroatoms. The summed E-state index contributed by atoms with van der Waals surface area (Å²) in [7, 11) is 0. The Bertz CT molecular complexity index is 302. The Morgan fingerprint density at radius 1 is 1.53 bits per heavy atom. The van der Waals surface area contributed by atoms with Gasteiger partial charge < -0.3 is 10.6 Å². The molecule has 1 aliphatic heterocycles. The van der Waals surface area contributed by atoms with Crippen molar-refractivity contribution in [2.75, 3.05) is 6.54 Å². The van der Waals surface area contributed by atoms with Gasteiger partial charge in [0, 0.05) is 0 Å². The Labute approximate surface area is 86.5 Å². The number of amides is 3. The third kappa shape index (κ3) is 2.66. The Morgan fingerprint density at radius 3 is 2.53 bits per heavy atom. The largest absolute Gasteiger partial charge is 0.357 e. The molecule has 1 aliphatic rings. The number of hydroxylamine groups is 2. The molecular weight excluding hydrogens is 202 g/mol. The van der Waals surface area contributed by atoms with E-state index in [1.54, 1.807) is 13.8 Å². The standard InChI is InChI=1S/C8H13N3O4/c1-4(2)6(9)7(13)15-11-3-5(12)10-8(11)14/h4,6H,3,9H2,1-2H3,(H,10,12,14)/t6-/m0/s1. The molecule has 0 saturated carbocycles. The van der Waals surface area contributed by atoms with Crippen LogP contribution in [-0.4, -0.2) is 35.6 Å². The molecule has 3 amide bonds. The van der Waals surface area contributed by atoms with Crippen molar-refractivity contribution in [3.63, 3.8) is 0 Å².